The van der Waals surface area contributed by atoms with E-state index in [0.717, 1.165) is 31.6 Å². The number of nitrogens with zero attached hydrogens (tertiary/aromatic N) is 3. The third-order valence-corrected chi connectivity index (χ3v) is 5.33. The number of fused-ring (bicyclic) bond motifs is 1. The second-order valence-electron chi connectivity index (χ2n) is 7.38. The van der Waals surface area contributed by atoms with Crippen molar-refractivity contribution in [2.45, 2.75) is 18.6 Å². The molecule has 3 aromatic rings. The largest absolute Gasteiger partial charge is 0.419 e. The molecule has 1 saturated heterocycles. The summed E-state index contributed by atoms with van der Waals surface area (Å²) in [4.78, 5) is 22.1. The summed E-state index contributed by atoms with van der Waals surface area (Å²) in [5, 5.41) is 3.67. The van der Waals surface area contributed by atoms with Gasteiger partial charge in [-0.2, -0.15) is 13.2 Å². The Balaban J connectivity index is 1.75. The van der Waals surface area contributed by atoms with Crippen LogP contribution in [-0.2, 0) is 6.18 Å². The molecule has 10 heteroatoms. The van der Waals surface area contributed by atoms with E-state index in [1.54, 1.807) is 12.1 Å². The van der Waals surface area contributed by atoms with Crippen LogP contribution in [0.5, 0.6) is 0 Å². The first kappa shape index (κ1) is 21.0. The molecule has 31 heavy (non-hydrogen) atoms. The van der Waals surface area contributed by atoms with Crippen LogP contribution in [0.25, 0.3) is 10.9 Å². The highest BCUT2D eigenvalue weighted by molar-refractivity contribution is 6.06. The number of likely N-dealkylation sites (tertiary alicyclic amines) is 1. The molecule has 0 radical (unpaired) electrons. The quantitative estimate of drug-likeness (QED) is 0.579. The minimum atomic E-state index is -4.81. The first-order valence-corrected chi connectivity index (χ1v) is 9.63. The minimum Gasteiger partial charge on any atom is -0.366 e. The number of anilines is 1. The van der Waals surface area contributed by atoms with E-state index >= 15 is 0 Å². The first-order chi connectivity index (χ1) is 14.7. The maximum absolute atomic E-state index is 13.8. The number of nitrogens with one attached hydrogen (secondary N) is 1. The molecular formula is C21H19F4N5O. The lowest BCUT2D eigenvalue weighted by molar-refractivity contribution is -0.140. The summed E-state index contributed by atoms with van der Waals surface area (Å²) in [5.74, 6) is -1.63. The SMILES string of the molecule is NC(=O)c1cccc2c(NC(CN3CCC3)c3ccc(F)c(C(F)(F)F)c3)ncnc12. The molecule has 0 spiro atoms. The van der Waals surface area contributed by atoms with E-state index in [2.05, 4.69) is 20.2 Å². The Kier molecular flexibility index (Phi) is 5.48. The van der Waals surface area contributed by atoms with Gasteiger partial charge in [0.05, 0.1) is 22.7 Å². The number of para-hydroxylation sites is 1. The molecule has 1 amide bonds. The number of halogens is 4. The number of hydrogen-bond acceptors (Lipinski definition) is 5. The van der Waals surface area contributed by atoms with Crippen molar-refractivity contribution in [3.63, 3.8) is 0 Å². The molecule has 4 rings (SSSR count). The van der Waals surface area contributed by atoms with Gasteiger partial charge < -0.3 is 16.0 Å². The molecule has 1 unspecified atom stereocenters. The fourth-order valence-electron chi connectivity index (χ4n) is 3.60. The first-order valence-electron chi connectivity index (χ1n) is 9.63. The van der Waals surface area contributed by atoms with E-state index in [0.29, 0.717) is 23.3 Å². The third-order valence-electron chi connectivity index (χ3n) is 5.33. The van der Waals surface area contributed by atoms with Gasteiger partial charge in [-0.15, -0.1) is 0 Å². The minimum absolute atomic E-state index is 0.211. The smallest absolute Gasteiger partial charge is 0.366 e. The van der Waals surface area contributed by atoms with Crippen LogP contribution in [0.1, 0.15) is 33.9 Å². The lowest BCUT2D eigenvalue weighted by Crippen LogP contribution is -2.41. The number of primary amides is 1. The van der Waals surface area contributed by atoms with E-state index in [1.165, 1.54) is 18.5 Å². The molecule has 1 aromatic heterocycles. The van der Waals surface area contributed by atoms with Crippen LogP contribution < -0.4 is 11.1 Å². The number of carbonyl (C=O) groups is 1. The summed E-state index contributed by atoms with van der Waals surface area (Å²) in [6.45, 7) is 2.05. The maximum atomic E-state index is 13.8. The number of carbonyl (C=O) groups excluding carboxylic acids is 1. The van der Waals surface area contributed by atoms with E-state index in [1.807, 2.05) is 0 Å². The van der Waals surface area contributed by atoms with Gasteiger partial charge >= 0.3 is 6.18 Å². The Morgan fingerprint density at radius 2 is 1.97 bits per heavy atom. The normalized spacial score (nSPS) is 15.5. The maximum Gasteiger partial charge on any atom is 0.419 e. The lowest BCUT2D eigenvalue weighted by atomic mass is 10.0. The molecular weight excluding hydrogens is 414 g/mol. The van der Waals surface area contributed by atoms with Crippen molar-refractivity contribution in [2.24, 2.45) is 5.73 Å². The van der Waals surface area contributed by atoms with Crippen molar-refractivity contribution in [1.82, 2.24) is 14.9 Å². The molecule has 1 aliphatic rings. The zero-order valence-corrected chi connectivity index (χ0v) is 16.3. The highest BCUT2D eigenvalue weighted by Crippen LogP contribution is 2.34. The van der Waals surface area contributed by atoms with Crippen LogP contribution >= 0.6 is 0 Å². The molecule has 0 aliphatic carbocycles. The van der Waals surface area contributed by atoms with Crippen LogP contribution in [-0.4, -0.2) is 40.4 Å². The molecule has 162 valence electrons. The van der Waals surface area contributed by atoms with Gasteiger partial charge in [0.25, 0.3) is 5.91 Å². The van der Waals surface area contributed by atoms with Gasteiger partial charge in [-0.05, 0) is 49.3 Å². The molecule has 0 saturated carbocycles. The van der Waals surface area contributed by atoms with Crippen LogP contribution in [0.15, 0.2) is 42.7 Å². The van der Waals surface area contributed by atoms with Gasteiger partial charge in [0.15, 0.2) is 0 Å². The van der Waals surface area contributed by atoms with Gasteiger partial charge in [0, 0.05) is 11.9 Å². The van der Waals surface area contributed by atoms with Crippen LogP contribution in [0, 0.1) is 5.82 Å². The van der Waals surface area contributed by atoms with Gasteiger partial charge in [-0.1, -0.05) is 12.1 Å². The van der Waals surface area contributed by atoms with Crippen molar-refractivity contribution >= 4 is 22.6 Å². The standard InChI is InChI=1S/C21H19F4N5O/c22-16-6-5-12(9-15(16)21(23,24)25)17(10-30-7-2-8-30)29-20-14-4-1-3-13(19(26)31)18(14)27-11-28-20/h1,3-6,9,11,17H,2,7-8,10H2,(H2,26,31)(H,27,28,29). The fraction of sp³-hybridized carbons (Fsp3) is 0.286. The molecule has 6 nitrogen and oxygen atoms in total. The van der Waals surface area contributed by atoms with E-state index in [9.17, 15) is 22.4 Å². The third kappa shape index (κ3) is 4.29. The summed E-state index contributed by atoms with van der Waals surface area (Å²) in [6.07, 6.45) is -2.55. The predicted molar refractivity (Wildman–Crippen MR) is 107 cm³/mol. The Morgan fingerprint density at radius 1 is 1.19 bits per heavy atom. The summed E-state index contributed by atoms with van der Waals surface area (Å²) >= 11 is 0. The number of hydrogen-bond donors (Lipinski definition) is 2. The average molecular weight is 433 g/mol. The van der Waals surface area contributed by atoms with Gasteiger partial charge in [-0.3, -0.25) is 4.79 Å². The lowest BCUT2D eigenvalue weighted by Gasteiger charge is -2.35. The number of nitrogens with two attached hydrogens (primary N) is 1. The van der Waals surface area contributed by atoms with E-state index in [-0.39, 0.29) is 11.1 Å². The predicted octanol–water partition coefficient (Wildman–Crippen LogP) is 3.75. The molecule has 3 N–H and O–H groups in total. The Morgan fingerprint density at radius 3 is 2.61 bits per heavy atom. The summed E-state index contributed by atoms with van der Waals surface area (Å²) in [6, 6.07) is 7.24. The number of amides is 1. The van der Waals surface area contributed by atoms with Crippen molar-refractivity contribution in [1.29, 1.82) is 0 Å². The molecule has 2 heterocycles. The van der Waals surface area contributed by atoms with Gasteiger partial charge in [0.2, 0.25) is 0 Å². The van der Waals surface area contributed by atoms with Gasteiger partial charge in [-0.25, -0.2) is 14.4 Å². The monoisotopic (exact) mass is 433 g/mol. The number of aromatic nitrogens is 2. The van der Waals surface area contributed by atoms with E-state index in [4.69, 9.17) is 5.73 Å². The molecule has 0 bridgehead atoms. The van der Waals surface area contributed by atoms with Crippen molar-refractivity contribution < 1.29 is 22.4 Å². The number of rotatable bonds is 6. The second kappa shape index (κ2) is 8.10. The molecule has 2 aromatic carbocycles. The number of benzene rings is 2. The van der Waals surface area contributed by atoms with Crippen molar-refractivity contribution in [2.75, 3.05) is 25.0 Å². The topological polar surface area (TPSA) is 84.1 Å². The Hall–Kier alpha value is -3.27. The highest BCUT2D eigenvalue weighted by atomic mass is 19.4. The van der Waals surface area contributed by atoms with E-state index < -0.39 is 29.5 Å². The van der Waals surface area contributed by atoms with Crippen LogP contribution in [0.4, 0.5) is 23.4 Å². The van der Waals surface area contributed by atoms with Crippen LogP contribution in [0.2, 0.25) is 0 Å². The second-order valence-corrected chi connectivity index (χ2v) is 7.38. The zero-order chi connectivity index (χ0) is 22.2. The molecule has 1 fully saturated rings. The average Bonchev–Trinajstić information content (AvgIpc) is 2.68. The van der Waals surface area contributed by atoms with Gasteiger partial charge in [0.1, 0.15) is 18.0 Å². The number of alkyl halides is 3. The van der Waals surface area contributed by atoms with Crippen LogP contribution in [0.3, 0.4) is 0 Å². The van der Waals surface area contributed by atoms with Crippen molar-refractivity contribution in [3.05, 3.63) is 65.2 Å². The Bertz CT molecular complexity index is 1130. The van der Waals surface area contributed by atoms with Crippen molar-refractivity contribution in [3.8, 4) is 0 Å². The highest BCUT2D eigenvalue weighted by Gasteiger charge is 2.35. The zero-order valence-electron chi connectivity index (χ0n) is 16.3. The molecule has 1 aliphatic heterocycles. The summed E-state index contributed by atoms with van der Waals surface area (Å²) < 4.78 is 53.6. The summed E-state index contributed by atoms with van der Waals surface area (Å²) in [7, 11) is 0. The molecule has 1 atom stereocenters. The summed E-state index contributed by atoms with van der Waals surface area (Å²) in [5.41, 5.74) is 4.93. The fourth-order valence-corrected chi connectivity index (χ4v) is 3.60. The Labute approximate surface area is 175 Å².